The number of rotatable bonds is 6. The molecule has 24 heavy (non-hydrogen) atoms. The van der Waals surface area contributed by atoms with E-state index >= 15 is 0 Å². The predicted molar refractivity (Wildman–Crippen MR) is 90.3 cm³/mol. The zero-order chi connectivity index (χ0) is 16.9. The summed E-state index contributed by atoms with van der Waals surface area (Å²) in [5, 5.41) is 0. The van der Waals surface area contributed by atoms with Gasteiger partial charge in [0.15, 0.2) is 0 Å². The van der Waals surface area contributed by atoms with Gasteiger partial charge in [0.25, 0.3) is 5.91 Å². The molecule has 2 N–H and O–H groups in total. The van der Waals surface area contributed by atoms with Crippen molar-refractivity contribution in [2.75, 3.05) is 20.2 Å². The second kappa shape index (κ2) is 7.31. The maximum absolute atomic E-state index is 11.5. The molecule has 2 aromatic rings. The van der Waals surface area contributed by atoms with Gasteiger partial charge >= 0.3 is 0 Å². The van der Waals surface area contributed by atoms with Gasteiger partial charge in [0.2, 0.25) is 5.88 Å². The van der Waals surface area contributed by atoms with E-state index in [0.717, 1.165) is 30.9 Å². The molecule has 3 rings (SSSR count). The van der Waals surface area contributed by atoms with Crippen molar-refractivity contribution in [3.63, 3.8) is 0 Å². The summed E-state index contributed by atoms with van der Waals surface area (Å²) in [6, 6.07) is 8.88. The van der Waals surface area contributed by atoms with E-state index in [1.165, 1.54) is 12.8 Å². The van der Waals surface area contributed by atoms with Crippen molar-refractivity contribution in [3.8, 4) is 17.4 Å². The summed E-state index contributed by atoms with van der Waals surface area (Å²) in [7, 11) is 1.64. The molecule has 1 fully saturated rings. The Hall–Kier alpha value is -2.60. The number of likely N-dealkylation sites (tertiary alicyclic amines) is 1. The van der Waals surface area contributed by atoms with E-state index in [4.69, 9.17) is 15.2 Å². The highest BCUT2D eigenvalue weighted by Gasteiger charge is 2.16. The number of benzene rings is 1. The van der Waals surface area contributed by atoms with Crippen molar-refractivity contribution in [1.29, 1.82) is 0 Å². The van der Waals surface area contributed by atoms with Crippen LogP contribution in [0.2, 0.25) is 0 Å². The van der Waals surface area contributed by atoms with Crippen LogP contribution in [-0.2, 0) is 6.54 Å². The number of hydrogen-bond donors (Lipinski definition) is 1. The molecule has 1 aromatic carbocycles. The molecule has 6 heteroatoms. The molecule has 126 valence electrons. The van der Waals surface area contributed by atoms with E-state index in [-0.39, 0.29) is 11.4 Å². The van der Waals surface area contributed by atoms with Crippen molar-refractivity contribution in [2.45, 2.75) is 19.4 Å². The van der Waals surface area contributed by atoms with Crippen LogP contribution in [0.15, 0.2) is 36.5 Å². The molecular weight excluding hydrogens is 306 g/mol. The molecule has 0 atom stereocenters. The third-order valence-corrected chi connectivity index (χ3v) is 4.10. The molecule has 1 aliphatic heterocycles. The van der Waals surface area contributed by atoms with Gasteiger partial charge < -0.3 is 15.2 Å². The molecule has 0 bridgehead atoms. The molecule has 0 radical (unpaired) electrons. The maximum Gasteiger partial charge on any atom is 0.254 e. The Morgan fingerprint density at radius 2 is 2.08 bits per heavy atom. The Kier molecular flexibility index (Phi) is 4.96. The van der Waals surface area contributed by atoms with Gasteiger partial charge in [-0.05, 0) is 44.1 Å². The van der Waals surface area contributed by atoms with Gasteiger partial charge in [-0.3, -0.25) is 9.69 Å². The van der Waals surface area contributed by atoms with Crippen LogP contribution < -0.4 is 15.2 Å². The van der Waals surface area contributed by atoms with Gasteiger partial charge in [-0.15, -0.1) is 0 Å². The highest BCUT2D eigenvalue weighted by Crippen LogP contribution is 2.30. The lowest BCUT2D eigenvalue weighted by molar-refractivity contribution is 0.0997. The molecule has 6 nitrogen and oxygen atoms in total. The number of amides is 1. The Balaban J connectivity index is 1.81. The van der Waals surface area contributed by atoms with Gasteiger partial charge in [0.1, 0.15) is 17.1 Å². The zero-order valence-corrected chi connectivity index (χ0v) is 13.7. The van der Waals surface area contributed by atoms with Crippen LogP contribution in [0.4, 0.5) is 0 Å². The number of methoxy groups -OCH3 is 1. The number of hydrogen-bond acceptors (Lipinski definition) is 5. The van der Waals surface area contributed by atoms with Crippen LogP contribution in [0.1, 0.15) is 28.8 Å². The van der Waals surface area contributed by atoms with Gasteiger partial charge in [0.05, 0.1) is 7.11 Å². The van der Waals surface area contributed by atoms with Gasteiger partial charge in [0, 0.05) is 24.4 Å². The fourth-order valence-electron chi connectivity index (χ4n) is 2.87. The number of carbonyl (C=O) groups excluding carboxylic acids is 1. The lowest BCUT2D eigenvalue weighted by Gasteiger charge is -2.17. The highest BCUT2D eigenvalue weighted by atomic mass is 16.5. The maximum atomic E-state index is 11.5. The van der Waals surface area contributed by atoms with E-state index in [9.17, 15) is 4.79 Å². The first-order valence-corrected chi connectivity index (χ1v) is 7.99. The molecule has 1 saturated heterocycles. The van der Waals surface area contributed by atoms with Crippen molar-refractivity contribution in [1.82, 2.24) is 9.88 Å². The predicted octanol–water partition coefficient (Wildman–Crippen LogP) is 2.58. The lowest BCUT2D eigenvalue weighted by Crippen LogP contribution is -2.18. The summed E-state index contributed by atoms with van der Waals surface area (Å²) in [6.45, 7) is 3.11. The topological polar surface area (TPSA) is 77.7 Å². The highest BCUT2D eigenvalue weighted by molar-refractivity contribution is 5.95. The van der Waals surface area contributed by atoms with Crippen LogP contribution in [0, 0.1) is 0 Å². The Bertz CT molecular complexity index is 727. The molecule has 0 unspecified atom stereocenters. The largest absolute Gasteiger partial charge is 0.496 e. The minimum atomic E-state index is -0.573. The number of aromatic nitrogens is 1. The SMILES string of the molecule is COc1cc(Oc2ncccc2C(N)=O)ccc1CN1CCCC1. The summed E-state index contributed by atoms with van der Waals surface area (Å²) in [6.07, 6.45) is 4.05. The van der Waals surface area contributed by atoms with Crippen molar-refractivity contribution < 1.29 is 14.3 Å². The summed E-state index contributed by atoms with van der Waals surface area (Å²) >= 11 is 0. The third-order valence-electron chi connectivity index (χ3n) is 4.10. The minimum absolute atomic E-state index is 0.194. The normalized spacial score (nSPS) is 14.5. The Morgan fingerprint density at radius 1 is 1.29 bits per heavy atom. The van der Waals surface area contributed by atoms with Crippen LogP contribution in [0.5, 0.6) is 17.4 Å². The van der Waals surface area contributed by atoms with Gasteiger partial charge in [-0.1, -0.05) is 6.07 Å². The number of pyridine rings is 1. The minimum Gasteiger partial charge on any atom is -0.496 e. The third kappa shape index (κ3) is 3.65. The van der Waals surface area contributed by atoms with Crippen LogP contribution in [0.25, 0.3) is 0 Å². The standard InChI is InChI=1S/C18H21N3O3/c1-23-16-11-14(7-6-13(16)12-21-9-2-3-10-21)24-18-15(17(19)22)5-4-8-20-18/h4-8,11H,2-3,9-10,12H2,1H3,(H2,19,22). The van der Waals surface area contributed by atoms with E-state index in [2.05, 4.69) is 9.88 Å². The first-order chi connectivity index (χ1) is 11.7. The van der Waals surface area contributed by atoms with E-state index in [1.54, 1.807) is 25.4 Å². The number of nitrogens with two attached hydrogens (primary N) is 1. The van der Waals surface area contributed by atoms with Crippen LogP contribution in [-0.4, -0.2) is 36.0 Å². The van der Waals surface area contributed by atoms with Gasteiger partial charge in [-0.2, -0.15) is 0 Å². The monoisotopic (exact) mass is 327 g/mol. The molecular formula is C18H21N3O3. The average molecular weight is 327 g/mol. The second-order valence-electron chi connectivity index (χ2n) is 5.78. The van der Waals surface area contributed by atoms with Crippen molar-refractivity contribution >= 4 is 5.91 Å². The van der Waals surface area contributed by atoms with Gasteiger partial charge in [-0.25, -0.2) is 4.98 Å². The summed E-state index contributed by atoms with van der Waals surface area (Å²) < 4.78 is 11.2. The number of primary amides is 1. The molecule has 1 aliphatic rings. The fraction of sp³-hybridized carbons (Fsp3) is 0.333. The molecule has 0 aliphatic carbocycles. The van der Waals surface area contributed by atoms with E-state index < -0.39 is 5.91 Å². The van der Waals surface area contributed by atoms with Crippen molar-refractivity contribution in [3.05, 3.63) is 47.7 Å². The summed E-state index contributed by atoms with van der Waals surface area (Å²) in [5.74, 6) is 0.934. The molecule has 1 amide bonds. The zero-order valence-electron chi connectivity index (χ0n) is 13.7. The van der Waals surface area contributed by atoms with Crippen LogP contribution in [0.3, 0.4) is 0 Å². The molecule has 2 heterocycles. The second-order valence-corrected chi connectivity index (χ2v) is 5.78. The average Bonchev–Trinajstić information content (AvgIpc) is 3.09. The molecule has 0 saturated carbocycles. The fourth-order valence-corrected chi connectivity index (χ4v) is 2.87. The Morgan fingerprint density at radius 3 is 2.79 bits per heavy atom. The summed E-state index contributed by atoms with van der Waals surface area (Å²) in [4.78, 5) is 17.9. The van der Waals surface area contributed by atoms with E-state index in [0.29, 0.717) is 5.75 Å². The lowest BCUT2D eigenvalue weighted by atomic mass is 10.1. The van der Waals surface area contributed by atoms with Crippen LogP contribution >= 0.6 is 0 Å². The number of nitrogens with zero attached hydrogens (tertiary/aromatic N) is 2. The summed E-state index contributed by atoms with van der Waals surface area (Å²) in [5.41, 5.74) is 6.71. The first-order valence-electron chi connectivity index (χ1n) is 7.99. The Labute approximate surface area is 141 Å². The smallest absolute Gasteiger partial charge is 0.254 e. The number of carbonyl (C=O) groups is 1. The quantitative estimate of drug-likeness (QED) is 0.882. The van der Waals surface area contributed by atoms with Crippen molar-refractivity contribution in [2.24, 2.45) is 5.73 Å². The number of ether oxygens (including phenoxy) is 2. The molecule has 0 spiro atoms. The van der Waals surface area contributed by atoms with E-state index in [1.807, 2.05) is 18.2 Å². The first kappa shape index (κ1) is 16.3. The molecule has 1 aromatic heterocycles.